The second-order valence-corrected chi connectivity index (χ2v) is 8.47. The molecule has 0 saturated heterocycles. The average molecular weight is 378 g/mol. The van der Waals surface area contributed by atoms with Gasteiger partial charge in [-0.3, -0.25) is 4.98 Å². The number of alkyl carbamates (subject to hydrolysis) is 1. The van der Waals surface area contributed by atoms with Crippen LogP contribution in [0.1, 0.15) is 51.9 Å². The fourth-order valence-corrected chi connectivity index (χ4v) is 3.29. The van der Waals surface area contributed by atoms with Crippen LogP contribution in [0.2, 0.25) is 0 Å². The van der Waals surface area contributed by atoms with Gasteiger partial charge in [0.15, 0.2) is 0 Å². The largest absolute Gasteiger partial charge is 0.444 e. The fourth-order valence-electron chi connectivity index (χ4n) is 3.29. The molecule has 2 heterocycles. The third kappa shape index (κ3) is 4.50. The van der Waals surface area contributed by atoms with Gasteiger partial charge in [0.25, 0.3) is 0 Å². The molecule has 2 aromatic heterocycles. The summed E-state index contributed by atoms with van der Waals surface area (Å²) in [4.78, 5) is 24.5. The Morgan fingerprint density at radius 2 is 1.96 bits per heavy atom. The van der Waals surface area contributed by atoms with Gasteiger partial charge in [-0.1, -0.05) is 18.9 Å². The van der Waals surface area contributed by atoms with Crippen molar-refractivity contribution in [2.24, 2.45) is 5.92 Å². The number of carbonyl (C=O) groups is 1. The highest BCUT2D eigenvalue weighted by Gasteiger charge is 2.30. The average Bonchev–Trinajstić information content (AvgIpc) is 3.35. The van der Waals surface area contributed by atoms with Crippen LogP contribution in [0.3, 0.4) is 0 Å². The van der Waals surface area contributed by atoms with Crippen molar-refractivity contribution < 1.29 is 9.53 Å². The molecule has 6 heteroatoms. The van der Waals surface area contributed by atoms with Crippen molar-refractivity contribution in [3.8, 4) is 11.1 Å². The Bertz CT molecular complexity index is 971. The molecular formula is C22H26N4O2. The first kappa shape index (κ1) is 18.5. The summed E-state index contributed by atoms with van der Waals surface area (Å²) in [5.74, 6) is 1.42. The number of benzene rings is 1. The molecule has 1 atom stereocenters. The first-order valence-electron chi connectivity index (χ1n) is 9.77. The number of aromatic nitrogens is 3. The van der Waals surface area contributed by atoms with E-state index in [2.05, 4.69) is 27.4 Å². The number of rotatable bonds is 5. The van der Waals surface area contributed by atoms with Gasteiger partial charge >= 0.3 is 6.09 Å². The summed E-state index contributed by atoms with van der Waals surface area (Å²) < 4.78 is 5.45. The van der Waals surface area contributed by atoms with Crippen LogP contribution in [0, 0.1) is 5.92 Å². The molecule has 1 amide bonds. The molecule has 3 aromatic rings. The molecule has 2 N–H and O–H groups in total. The lowest BCUT2D eigenvalue weighted by molar-refractivity contribution is 0.0497. The fraction of sp³-hybridized carbons (Fsp3) is 0.409. The highest BCUT2D eigenvalue weighted by Crippen LogP contribution is 2.37. The molecule has 146 valence electrons. The van der Waals surface area contributed by atoms with E-state index in [0.29, 0.717) is 5.92 Å². The summed E-state index contributed by atoms with van der Waals surface area (Å²) in [5.41, 5.74) is 3.52. The molecule has 1 unspecified atom stereocenters. The Morgan fingerprint density at radius 3 is 2.64 bits per heavy atom. The first-order valence-corrected chi connectivity index (χ1v) is 9.77. The minimum absolute atomic E-state index is 0.181. The Hall–Kier alpha value is -2.89. The molecule has 0 spiro atoms. The predicted molar refractivity (Wildman–Crippen MR) is 109 cm³/mol. The molecule has 0 radical (unpaired) electrons. The van der Waals surface area contributed by atoms with Crippen LogP contribution in [-0.4, -0.2) is 26.6 Å². The lowest BCUT2D eigenvalue weighted by Crippen LogP contribution is -2.35. The number of fused-ring (bicyclic) bond motifs is 1. The summed E-state index contributed by atoms with van der Waals surface area (Å²) >= 11 is 0. The lowest BCUT2D eigenvalue weighted by atomic mass is 10.1. The highest BCUT2D eigenvalue weighted by molar-refractivity contribution is 5.82. The molecule has 1 aromatic carbocycles. The van der Waals surface area contributed by atoms with Gasteiger partial charge in [-0.2, -0.15) is 0 Å². The number of carbonyl (C=O) groups excluding carboxylic acids is 1. The summed E-state index contributed by atoms with van der Waals surface area (Å²) in [6.45, 7) is 5.60. The maximum atomic E-state index is 12.3. The molecule has 1 aliphatic rings. The second-order valence-electron chi connectivity index (χ2n) is 8.47. The molecule has 6 nitrogen and oxygen atoms in total. The van der Waals surface area contributed by atoms with E-state index in [1.165, 1.54) is 12.8 Å². The van der Waals surface area contributed by atoms with Gasteiger partial charge < -0.3 is 15.0 Å². The molecule has 0 aliphatic heterocycles. The number of nitrogens with zero attached hydrogens (tertiary/aromatic N) is 2. The van der Waals surface area contributed by atoms with Gasteiger partial charge in [0.1, 0.15) is 11.4 Å². The standard InChI is InChI=1S/C22H26N4O2/c1-22(2,3)28-21(27)26-19(12-14-4-5-14)20-24-17-7-6-16(13-18(17)25-20)15-8-10-23-11-9-15/h6-11,13-14,19H,4-5,12H2,1-3H3,(H,24,25)(H,26,27). The van der Waals surface area contributed by atoms with Crippen molar-refractivity contribution in [3.05, 3.63) is 48.5 Å². The Morgan fingerprint density at radius 1 is 1.21 bits per heavy atom. The van der Waals surface area contributed by atoms with Crippen LogP contribution >= 0.6 is 0 Å². The molecule has 0 bridgehead atoms. The molecule has 1 saturated carbocycles. The minimum atomic E-state index is -0.526. The van der Waals surface area contributed by atoms with E-state index in [-0.39, 0.29) is 6.04 Å². The number of H-pyrrole nitrogens is 1. The number of nitrogens with one attached hydrogen (secondary N) is 2. The maximum Gasteiger partial charge on any atom is 0.408 e. The van der Waals surface area contributed by atoms with E-state index in [9.17, 15) is 4.79 Å². The topological polar surface area (TPSA) is 79.9 Å². The van der Waals surface area contributed by atoms with Crippen molar-refractivity contribution >= 4 is 17.1 Å². The molecule has 4 rings (SSSR count). The van der Waals surface area contributed by atoms with Gasteiger partial charge in [0.05, 0.1) is 17.1 Å². The maximum absolute atomic E-state index is 12.3. The Balaban J connectivity index is 1.59. The number of aromatic amines is 1. The number of hydrogen-bond donors (Lipinski definition) is 2. The van der Waals surface area contributed by atoms with Gasteiger partial charge in [-0.15, -0.1) is 0 Å². The molecule has 1 aliphatic carbocycles. The second kappa shape index (κ2) is 7.26. The number of amides is 1. The molecule has 1 fully saturated rings. The monoisotopic (exact) mass is 378 g/mol. The summed E-state index contributed by atoms with van der Waals surface area (Å²) in [7, 11) is 0. The number of ether oxygens (including phenoxy) is 1. The summed E-state index contributed by atoms with van der Waals surface area (Å²) in [6, 6.07) is 9.94. The zero-order valence-corrected chi connectivity index (χ0v) is 16.5. The quantitative estimate of drug-likeness (QED) is 0.655. The molecule has 28 heavy (non-hydrogen) atoms. The normalized spacial score (nSPS) is 15.4. The zero-order chi connectivity index (χ0) is 19.7. The SMILES string of the molecule is CC(C)(C)OC(=O)NC(CC1CC1)c1nc2ccc(-c3ccncc3)cc2[nH]1. The van der Waals surface area contributed by atoms with Gasteiger partial charge in [0, 0.05) is 12.4 Å². The van der Waals surface area contributed by atoms with Crippen molar-refractivity contribution in [1.82, 2.24) is 20.3 Å². The van der Waals surface area contributed by atoms with Gasteiger partial charge in [-0.25, -0.2) is 9.78 Å². The van der Waals surface area contributed by atoms with Crippen molar-refractivity contribution in [2.45, 2.75) is 51.7 Å². The van der Waals surface area contributed by atoms with Crippen LogP contribution in [0.5, 0.6) is 0 Å². The third-order valence-corrected chi connectivity index (χ3v) is 4.80. The van der Waals surface area contributed by atoms with E-state index in [4.69, 9.17) is 9.72 Å². The minimum Gasteiger partial charge on any atom is -0.444 e. The lowest BCUT2D eigenvalue weighted by Gasteiger charge is -2.22. The van der Waals surface area contributed by atoms with E-state index in [1.807, 2.05) is 39.0 Å². The van der Waals surface area contributed by atoms with Crippen LogP contribution in [0.4, 0.5) is 4.79 Å². The first-order chi connectivity index (χ1) is 13.4. The zero-order valence-electron chi connectivity index (χ0n) is 16.5. The van der Waals surface area contributed by atoms with Gasteiger partial charge in [-0.05, 0) is 68.5 Å². The van der Waals surface area contributed by atoms with Crippen molar-refractivity contribution in [3.63, 3.8) is 0 Å². The summed E-state index contributed by atoms with van der Waals surface area (Å²) in [5, 5.41) is 3.01. The van der Waals surface area contributed by atoms with E-state index < -0.39 is 11.7 Å². The van der Waals surface area contributed by atoms with Crippen molar-refractivity contribution in [1.29, 1.82) is 0 Å². The van der Waals surface area contributed by atoms with Crippen LogP contribution in [0.25, 0.3) is 22.2 Å². The summed E-state index contributed by atoms with van der Waals surface area (Å²) in [6.07, 6.45) is 6.45. The number of pyridine rings is 1. The number of hydrogen-bond acceptors (Lipinski definition) is 4. The van der Waals surface area contributed by atoms with E-state index >= 15 is 0 Å². The highest BCUT2D eigenvalue weighted by atomic mass is 16.6. The Labute approximate surface area is 164 Å². The van der Waals surface area contributed by atoms with Crippen LogP contribution in [-0.2, 0) is 4.74 Å². The van der Waals surface area contributed by atoms with Gasteiger partial charge in [0.2, 0.25) is 0 Å². The van der Waals surface area contributed by atoms with E-state index in [0.717, 1.165) is 34.4 Å². The van der Waals surface area contributed by atoms with Crippen molar-refractivity contribution in [2.75, 3.05) is 0 Å². The third-order valence-electron chi connectivity index (χ3n) is 4.80. The smallest absolute Gasteiger partial charge is 0.408 e. The predicted octanol–water partition coefficient (Wildman–Crippen LogP) is 4.99. The van der Waals surface area contributed by atoms with E-state index in [1.54, 1.807) is 12.4 Å². The van der Waals surface area contributed by atoms with Crippen LogP contribution < -0.4 is 5.32 Å². The number of imidazole rings is 1. The van der Waals surface area contributed by atoms with Crippen LogP contribution in [0.15, 0.2) is 42.7 Å². The molecular weight excluding hydrogens is 352 g/mol. The Kier molecular flexibility index (Phi) is 4.79.